The van der Waals surface area contributed by atoms with Crippen LogP contribution in [0.1, 0.15) is 87.4 Å². The van der Waals surface area contributed by atoms with E-state index in [1.54, 1.807) is 0 Å². The summed E-state index contributed by atoms with van der Waals surface area (Å²) in [6, 6.07) is 72.6. The van der Waals surface area contributed by atoms with Crippen LogP contribution < -0.4 is 67.9 Å². The smallest absolute Gasteiger partial charge is 0.204 e. The predicted molar refractivity (Wildman–Crippen MR) is 464 cm³/mol. The summed E-state index contributed by atoms with van der Waals surface area (Å²) in [5, 5.41) is 0. The largest absolute Gasteiger partial charge is 1.00 e. The molecule has 11 nitrogen and oxygen atoms in total. The standard InChI is InChI=1S/C34H40N4S2.C20H24N2O2S2.C18H24N2S2.C7H10N.C6H12.3ClH/c1-35-23-7-5-9-31(35)17-11-29-13-19-33(20-14-29)37(3)25-27-39-40-28-26-38(4)34-21-15-30(16-22-34)12-18-32-10-6-8-24-36(32)2;1-21(19-7-3-17(15-23)4-8-19)11-13-25-26-14-12-22(2)20-9-5-18(16-24)6-10-20;1-19(17-9-5-3-6-10-17)13-15-21-22-16-14-20(2)18-11-7-4-8-12-18;1-7-5-3-4-6-8(7)2;1-2-4-6-5-3-1;;;/h5-24H,25-28H2,1-4H3;3-10,15-16H,11-14H2,1-2H3;3-12H,13-16H2,1-2H3;3-6H,1-2H3;1-6H2;3*1H/q+2;;;+1;;;;/p-2. The summed E-state index contributed by atoms with van der Waals surface area (Å²) in [5.41, 5.74) is 14.8. The monoisotopic (exact) mass is 1590 g/mol. The van der Waals surface area contributed by atoms with Gasteiger partial charge < -0.3 is 54.2 Å². The Morgan fingerprint density at radius 1 is 0.295 bits per heavy atom. The van der Waals surface area contributed by atoms with Crippen LogP contribution in [-0.4, -0.2) is 129 Å². The molecule has 0 radical (unpaired) electrons. The zero-order valence-electron chi connectivity index (χ0n) is 63.1. The molecule has 0 amide bonds. The second kappa shape index (κ2) is 55.7. The molecule has 0 atom stereocenters. The van der Waals surface area contributed by atoms with Gasteiger partial charge in [-0.2, -0.15) is 0 Å². The molecule has 1 saturated carbocycles. The molecular formula is C85H111Cl3N9O2S6+. The van der Waals surface area contributed by atoms with Crippen LogP contribution in [0.3, 0.4) is 0 Å². The first kappa shape index (κ1) is 92.6. The van der Waals surface area contributed by atoms with Gasteiger partial charge in [-0.3, -0.25) is 9.59 Å². The molecule has 0 N–H and O–H groups in total. The van der Waals surface area contributed by atoms with Crippen LogP contribution in [0.15, 0.2) is 231 Å². The Bertz CT molecular complexity index is 3540. The molecule has 0 bridgehead atoms. The number of halogens is 3. The molecular weight excluding hydrogens is 1480 g/mol. The van der Waals surface area contributed by atoms with Crippen molar-refractivity contribution in [1.82, 2.24) is 0 Å². The molecule has 3 heterocycles. The van der Waals surface area contributed by atoms with E-state index in [0.29, 0.717) is 11.1 Å². The van der Waals surface area contributed by atoms with Crippen molar-refractivity contribution in [2.45, 2.75) is 45.4 Å². The fourth-order valence-electron chi connectivity index (χ4n) is 10.3. The molecule has 3 aromatic heterocycles. The topological polar surface area (TPSA) is 65.2 Å². The SMILES string of the molecule is C1CCCCC1.CN(CCSSCCN(C)c1ccc(/C=C/c2cccc[n+]2C)cc1)c1ccc(/C=C/c2cccc[n+]2C)cc1.CN(CCSSCCN(C)c1ccc(C=O)cc1)c1ccc(C=O)cc1.CN(CCSSCCN(C)c1ccccc1)c1ccccc1.Cc1cccc[n+]1C.Cl.[Cl-].[Cl-]. The van der Waals surface area contributed by atoms with Gasteiger partial charge in [0.1, 0.15) is 33.7 Å². The van der Waals surface area contributed by atoms with Gasteiger partial charge in [0.2, 0.25) is 11.4 Å². The van der Waals surface area contributed by atoms with Gasteiger partial charge >= 0.3 is 0 Å². The average Bonchev–Trinajstić information content (AvgIpc) is 0.910. The van der Waals surface area contributed by atoms with Crippen molar-refractivity contribution in [3.63, 3.8) is 0 Å². The summed E-state index contributed by atoms with van der Waals surface area (Å²) in [4.78, 5) is 35.1. The van der Waals surface area contributed by atoms with E-state index >= 15 is 0 Å². The number of rotatable bonds is 33. The summed E-state index contributed by atoms with van der Waals surface area (Å²) in [6.07, 6.45) is 25.5. The van der Waals surface area contributed by atoms with E-state index in [4.69, 9.17) is 0 Å². The highest BCUT2D eigenvalue weighted by Gasteiger charge is 2.09. The summed E-state index contributed by atoms with van der Waals surface area (Å²) >= 11 is 0. The van der Waals surface area contributed by atoms with Crippen molar-refractivity contribution in [1.29, 1.82) is 0 Å². The number of para-hydroxylation sites is 2. The first-order chi connectivity index (χ1) is 49.7. The molecule has 105 heavy (non-hydrogen) atoms. The maximum absolute atomic E-state index is 10.7. The molecule has 1 aliphatic rings. The van der Waals surface area contributed by atoms with Crippen LogP contribution in [0.25, 0.3) is 24.3 Å². The normalized spacial score (nSPS) is 11.2. The van der Waals surface area contributed by atoms with Gasteiger partial charge in [-0.15, -0.1) is 12.4 Å². The van der Waals surface area contributed by atoms with Crippen molar-refractivity contribution >= 4 is 148 Å². The maximum atomic E-state index is 10.7. The zero-order chi connectivity index (χ0) is 72.8. The lowest BCUT2D eigenvalue weighted by Gasteiger charge is -2.20. The number of carbonyl (C=O) groups excluding carboxylic acids is 2. The van der Waals surface area contributed by atoms with Gasteiger partial charge in [-0.25, -0.2) is 13.7 Å². The number of hydrogen-bond acceptors (Lipinski definition) is 14. The molecule has 9 aromatic rings. The molecule has 1 aliphatic carbocycles. The quantitative estimate of drug-likeness (QED) is 0.0170. The molecule has 0 aliphatic heterocycles. The lowest BCUT2D eigenvalue weighted by Crippen LogP contribution is -3.00. The molecule has 0 saturated heterocycles. The number of hydrogen-bond donors (Lipinski definition) is 0. The van der Waals surface area contributed by atoms with Gasteiger partial charge in [-0.1, -0.05) is 170 Å². The van der Waals surface area contributed by atoms with Gasteiger partial charge in [-0.05, 0) is 132 Å². The number of benzene rings is 6. The lowest BCUT2D eigenvalue weighted by atomic mass is 10.0. The molecule has 20 heteroatoms. The minimum absolute atomic E-state index is 0. The highest BCUT2D eigenvalue weighted by Crippen LogP contribution is 2.27. The second-order valence-electron chi connectivity index (χ2n) is 24.9. The summed E-state index contributed by atoms with van der Waals surface area (Å²) in [5.74, 6) is 6.55. The van der Waals surface area contributed by atoms with Crippen LogP contribution in [0.5, 0.6) is 0 Å². The van der Waals surface area contributed by atoms with Crippen molar-refractivity contribution in [2.75, 3.05) is 145 Å². The van der Waals surface area contributed by atoms with E-state index in [9.17, 15) is 9.59 Å². The molecule has 10 rings (SSSR count). The first-order valence-electron chi connectivity index (χ1n) is 35.3. The van der Waals surface area contributed by atoms with Crippen molar-refractivity contribution in [3.05, 3.63) is 270 Å². The maximum Gasteiger partial charge on any atom is 0.204 e. The number of nitrogens with zero attached hydrogens (tertiary/aromatic N) is 9. The fraction of sp³-hybridized carbons (Fsp3) is 0.329. The highest BCUT2D eigenvalue weighted by molar-refractivity contribution is 8.77. The Morgan fingerprint density at radius 2 is 0.524 bits per heavy atom. The number of aldehydes is 2. The van der Waals surface area contributed by atoms with Crippen LogP contribution in [0.2, 0.25) is 0 Å². The highest BCUT2D eigenvalue weighted by atomic mass is 35.5. The Labute approximate surface area is 673 Å². The second-order valence-corrected chi connectivity index (χ2v) is 33.1. The predicted octanol–water partition coefficient (Wildman–Crippen LogP) is 13.1. The molecule has 1 fully saturated rings. The van der Waals surface area contributed by atoms with E-state index in [1.807, 2.05) is 151 Å². The van der Waals surface area contributed by atoms with Crippen molar-refractivity contribution in [2.24, 2.45) is 21.1 Å². The van der Waals surface area contributed by atoms with Crippen LogP contribution >= 0.6 is 77.2 Å². The summed E-state index contributed by atoms with van der Waals surface area (Å²) in [7, 11) is 30.5. The molecule has 0 spiro atoms. The van der Waals surface area contributed by atoms with Crippen LogP contribution in [-0.2, 0) is 21.1 Å². The third-order valence-corrected chi connectivity index (χ3v) is 24.3. The fourth-order valence-corrected chi connectivity index (χ4v) is 16.5. The van der Waals surface area contributed by atoms with Gasteiger partial charge in [0.15, 0.2) is 24.3 Å². The third kappa shape index (κ3) is 37.6. The van der Waals surface area contributed by atoms with E-state index in [-0.39, 0.29) is 37.2 Å². The molecule has 6 aromatic carbocycles. The van der Waals surface area contributed by atoms with Crippen LogP contribution in [0.4, 0.5) is 34.1 Å². The van der Waals surface area contributed by atoms with Crippen molar-refractivity contribution < 1.29 is 48.1 Å². The van der Waals surface area contributed by atoms with Gasteiger partial charge in [0.25, 0.3) is 0 Å². The summed E-state index contributed by atoms with van der Waals surface area (Å²) in [6.45, 7) is 8.21. The van der Waals surface area contributed by atoms with Crippen molar-refractivity contribution in [3.8, 4) is 0 Å². The Balaban J connectivity index is 0.000000381. The Morgan fingerprint density at radius 3 is 0.752 bits per heavy atom. The van der Waals surface area contributed by atoms with E-state index in [1.165, 1.54) is 89.5 Å². The van der Waals surface area contributed by atoms with Crippen LogP contribution in [0, 0.1) is 6.92 Å². The Hall–Kier alpha value is -6.64. The molecule has 564 valence electrons. The van der Waals surface area contributed by atoms with Gasteiger partial charge in [0, 0.05) is 217 Å². The van der Waals surface area contributed by atoms with E-state index in [2.05, 4.69) is 283 Å². The first-order valence-corrected chi connectivity index (χ1v) is 42.7. The third-order valence-electron chi connectivity index (χ3n) is 17.2. The van der Waals surface area contributed by atoms with E-state index < -0.39 is 0 Å². The number of carbonyl (C=O) groups is 2. The lowest BCUT2D eigenvalue weighted by molar-refractivity contribution is -0.677. The van der Waals surface area contributed by atoms with E-state index in [0.717, 1.165) is 97.7 Å². The average molecular weight is 1590 g/mol. The minimum Gasteiger partial charge on any atom is -1.00 e. The number of pyridine rings is 3. The molecule has 0 unspecified atom stereocenters. The minimum atomic E-state index is 0. The Kier molecular flexibility index (Phi) is 49.1. The summed E-state index contributed by atoms with van der Waals surface area (Å²) < 4.78 is 6.32. The van der Waals surface area contributed by atoms with Gasteiger partial charge in [0.05, 0.1) is 0 Å². The zero-order valence-corrected chi connectivity index (χ0v) is 70.3. The number of aryl methyl sites for hydroxylation is 4. The number of aromatic nitrogens is 3. The number of anilines is 6.